The van der Waals surface area contributed by atoms with E-state index in [0.717, 1.165) is 21.3 Å². The van der Waals surface area contributed by atoms with Gasteiger partial charge in [0.25, 0.3) is 11.8 Å². The largest absolute Gasteiger partial charge is 0.456 e. The number of amides is 3. The van der Waals surface area contributed by atoms with Crippen molar-refractivity contribution in [2.45, 2.75) is 6.92 Å². The van der Waals surface area contributed by atoms with Crippen LogP contribution in [0.3, 0.4) is 0 Å². The second kappa shape index (κ2) is 6.81. The highest BCUT2D eigenvalue weighted by Gasteiger charge is 2.37. The van der Waals surface area contributed by atoms with Crippen molar-refractivity contribution in [1.82, 2.24) is 4.90 Å². The number of carbonyl (C=O) groups is 3. The molecule has 4 aromatic rings. The molecule has 5 rings (SSSR count). The van der Waals surface area contributed by atoms with Crippen molar-refractivity contribution >= 4 is 61.3 Å². The van der Waals surface area contributed by atoms with E-state index in [-0.39, 0.29) is 12.6 Å². The molecule has 30 heavy (non-hydrogen) atoms. The normalized spacial score (nSPS) is 13.3. The molecule has 2 heterocycles. The lowest BCUT2D eigenvalue weighted by molar-refractivity contribution is -0.116. The van der Waals surface area contributed by atoms with Gasteiger partial charge in [0.05, 0.1) is 11.1 Å². The van der Waals surface area contributed by atoms with Crippen LogP contribution in [0.5, 0.6) is 0 Å². The maximum atomic E-state index is 12.8. The van der Waals surface area contributed by atoms with E-state index in [1.807, 2.05) is 30.3 Å². The van der Waals surface area contributed by atoms with E-state index in [4.69, 9.17) is 4.42 Å². The molecule has 1 aliphatic rings. The number of imide groups is 1. The summed E-state index contributed by atoms with van der Waals surface area (Å²) in [6, 6.07) is 18.1. The van der Waals surface area contributed by atoms with Gasteiger partial charge in [0.1, 0.15) is 17.8 Å². The average Bonchev–Trinajstić information content (AvgIpc) is 3.21. The predicted octanol–water partition coefficient (Wildman–Crippen LogP) is 4.96. The summed E-state index contributed by atoms with van der Waals surface area (Å²) in [4.78, 5) is 40.5. The Kier molecular flexibility index (Phi) is 4.22. The van der Waals surface area contributed by atoms with Gasteiger partial charge >= 0.3 is 0 Å². The molecule has 3 aromatic carbocycles. The molecule has 3 amide bonds. The van der Waals surface area contributed by atoms with E-state index in [1.165, 1.54) is 11.8 Å². The molecular weight excluding hydrogens is 448 g/mol. The predicted molar refractivity (Wildman–Crippen MR) is 116 cm³/mol. The van der Waals surface area contributed by atoms with E-state index < -0.39 is 11.8 Å². The summed E-state index contributed by atoms with van der Waals surface area (Å²) in [5.41, 5.74) is 2.59. The lowest BCUT2D eigenvalue weighted by Gasteiger charge is -2.26. The smallest absolute Gasteiger partial charge is 0.263 e. The van der Waals surface area contributed by atoms with E-state index in [0.29, 0.717) is 26.9 Å². The minimum absolute atomic E-state index is 0.176. The summed E-state index contributed by atoms with van der Waals surface area (Å²) in [6.07, 6.45) is 0. The summed E-state index contributed by atoms with van der Waals surface area (Å²) >= 11 is 3.32. The quantitative estimate of drug-likeness (QED) is 0.403. The molecule has 148 valence electrons. The second-order valence-corrected chi connectivity index (χ2v) is 8.01. The Bertz CT molecular complexity index is 1370. The van der Waals surface area contributed by atoms with Crippen molar-refractivity contribution < 1.29 is 18.8 Å². The maximum absolute atomic E-state index is 12.8. The first-order valence-electron chi connectivity index (χ1n) is 9.29. The van der Waals surface area contributed by atoms with E-state index in [1.54, 1.807) is 30.3 Å². The summed E-state index contributed by atoms with van der Waals surface area (Å²) in [5, 5.41) is 1.92. The number of carbonyl (C=O) groups excluding carboxylic acids is 3. The Balaban J connectivity index is 1.52. The third kappa shape index (κ3) is 2.81. The summed E-state index contributed by atoms with van der Waals surface area (Å²) < 4.78 is 6.62. The molecule has 0 spiro atoms. The highest BCUT2D eigenvalue weighted by atomic mass is 79.9. The highest BCUT2D eigenvalue weighted by molar-refractivity contribution is 9.10. The first kappa shape index (κ1) is 18.6. The van der Waals surface area contributed by atoms with Gasteiger partial charge in [-0.1, -0.05) is 34.1 Å². The maximum Gasteiger partial charge on any atom is 0.263 e. The van der Waals surface area contributed by atoms with Crippen LogP contribution in [-0.4, -0.2) is 29.3 Å². The lowest BCUT2D eigenvalue weighted by Crippen LogP contribution is -2.43. The van der Waals surface area contributed by atoms with Crippen LogP contribution in [0, 0.1) is 0 Å². The Hall–Kier alpha value is -3.45. The molecular formula is C23H15BrN2O4. The molecule has 0 N–H and O–H groups in total. The molecule has 1 aromatic heterocycles. The van der Waals surface area contributed by atoms with Crippen LogP contribution in [0.1, 0.15) is 27.6 Å². The monoisotopic (exact) mass is 462 g/mol. The van der Waals surface area contributed by atoms with Gasteiger partial charge < -0.3 is 4.42 Å². The van der Waals surface area contributed by atoms with Crippen molar-refractivity contribution in [3.8, 4) is 0 Å². The Morgan fingerprint density at radius 2 is 1.67 bits per heavy atom. The molecule has 0 saturated carbocycles. The minimum atomic E-state index is -0.424. The lowest BCUT2D eigenvalue weighted by atomic mass is 10.1. The third-order valence-corrected chi connectivity index (χ3v) is 5.76. The van der Waals surface area contributed by atoms with Crippen LogP contribution in [0.15, 0.2) is 69.6 Å². The zero-order chi connectivity index (χ0) is 21.0. The number of fused-ring (bicyclic) bond motifs is 4. The van der Waals surface area contributed by atoms with Gasteiger partial charge in [0.15, 0.2) is 0 Å². The van der Waals surface area contributed by atoms with Crippen molar-refractivity contribution in [2.24, 2.45) is 0 Å². The number of hydrogen-bond donors (Lipinski definition) is 0. The van der Waals surface area contributed by atoms with E-state index in [9.17, 15) is 14.4 Å². The van der Waals surface area contributed by atoms with Crippen molar-refractivity contribution in [2.75, 3.05) is 11.6 Å². The van der Waals surface area contributed by atoms with Crippen LogP contribution in [-0.2, 0) is 4.79 Å². The Labute approximate surface area is 179 Å². The number of furan rings is 1. The summed E-state index contributed by atoms with van der Waals surface area (Å²) in [7, 11) is 0. The third-order valence-electron chi connectivity index (χ3n) is 5.27. The summed E-state index contributed by atoms with van der Waals surface area (Å²) in [6.45, 7) is 1.22. The number of rotatable bonds is 3. The van der Waals surface area contributed by atoms with E-state index >= 15 is 0 Å². The number of para-hydroxylation sites is 1. The van der Waals surface area contributed by atoms with Crippen LogP contribution >= 0.6 is 15.9 Å². The molecule has 0 bridgehead atoms. The van der Waals surface area contributed by atoms with Crippen LogP contribution in [0.4, 0.5) is 5.69 Å². The van der Waals surface area contributed by atoms with Crippen LogP contribution in [0.2, 0.25) is 0 Å². The first-order valence-corrected chi connectivity index (χ1v) is 10.1. The molecule has 0 unspecified atom stereocenters. The molecule has 0 fully saturated rings. The Morgan fingerprint density at radius 3 is 2.47 bits per heavy atom. The molecule has 7 heteroatoms. The zero-order valence-electron chi connectivity index (χ0n) is 15.9. The molecule has 6 nitrogen and oxygen atoms in total. The minimum Gasteiger partial charge on any atom is -0.456 e. The van der Waals surface area contributed by atoms with Crippen molar-refractivity contribution in [3.05, 3.63) is 76.3 Å². The molecule has 0 atom stereocenters. The van der Waals surface area contributed by atoms with Gasteiger partial charge in [0.2, 0.25) is 5.91 Å². The topological polar surface area (TPSA) is 70.8 Å². The number of halogens is 1. The van der Waals surface area contributed by atoms with Gasteiger partial charge in [-0.2, -0.15) is 0 Å². The average molecular weight is 463 g/mol. The van der Waals surface area contributed by atoms with Gasteiger partial charge in [-0.3, -0.25) is 24.2 Å². The SMILES string of the molecule is CC(=O)N(CN1C(=O)c2ccc(Br)cc2C1=O)c1ccc2c(c1)oc1ccccc12. The molecule has 0 aliphatic carbocycles. The molecule has 1 aliphatic heterocycles. The number of nitrogens with zero attached hydrogens (tertiary/aromatic N) is 2. The fourth-order valence-electron chi connectivity index (χ4n) is 3.78. The van der Waals surface area contributed by atoms with E-state index in [2.05, 4.69) is 15.9 Å². The molecule has 0 radical (unpaired) electrons. The molecule has 0 saturated heterocycles. The number of hydrogen-bond acceptors (Lipinski definition) is 4. The number of benzene rings is 3. The number of anilines is 1. The second-order valence-electron chi connectivity index (χ2n) is 7.10. The standard InChI is InChI=1S/C23H15BrN2O4/c1-13(27)25(12-26-22(28)18-8-6-14(24)10-19(18)23(26)29)15-7-9-17-16-4-2-3-5-20(16)30-21(17)11-15/h2-11H,12H2,1H3. The van der Waals surface area contributed by atoms with Gasteiger partial charge in [-0.05, 0) is 36.4 Å². The Morgan fingerprint density at radius 1 is 0.933 bits per heavy atom. The van der Waals surface area contributed by atoms with Gasteiger partial charge in [0, 0.05) is 33.9 Å². The van der Waals surface area contributed by atoms with Crippen molar-refractivity contribution in [1.29, 1.82) is 0 Å². The van der Waals surface area contributed by atoms with Gasteiger partial charge in [-0.15, -0.1) is 0 Å². The fourth-order valence-corrected chi connectivity index (χ4v) is 4.14. The van der Waals surface area contributed by atoms with Crippen LogP contribution < -0.4 is 4.90 Å². The highest BCUT2D eigenvalue weighted by Crippen LogP contribution is 2.32. The van der Waals surface area contributed by atoms with Gasteiger partial charge in [-0.25, -0.2) is 0 Å². The summed E-state index contributed by atoms with van der Waals surface area (Å²) in [5.74, 6) is -1.13. The van der Waals surface area contributed by atoms with Crippen LogP contribution in [0.25, 0.3) is 21.9 Å². The zero-order valence-corrected chi connectivity index (χ0v) is 17.5. The van der Waals surface area contributed by atoms with Crippen molar-refractivity contribution in [3.63, 3.8) is 0 Å². The fraction of sp³-hybridized carbons (Fsp3) is 0.0870. The first-order chi connectivity index (χ1) is 14.4.